The van der Waals surface area contributed by atoms with Crippen LogP contribution in [0.5, 0.6) is 17.2 Å². The zero-order chi connectivity index (χ0) is 34.8. The normalized spacial score (nSPS) is 12.8. The van der Waals surface area contributed by atoms with E-state index in [1.54, 1.807) is 42.5 Å². The van der Waals surface area contributed by atoms with E-state index in [4.69, 9.17) is 18.9 Å². The first kappa shape index (κ1) is 40.5. The number of alkyl halides is 2. The van der Waals surface area contributed by atoms with Crippen molar-refractivity contribution >= 4 is 12.3 Å². The van der Waals surface area contributed by atoms with Gasteiger partial charge >= 0.3 is 5.97 Å². The van der Waals surface area contributed by atoms with Crippen molar-refractivity contribution in [3.05, 3.63) is 88.5 Å². The number of hydrogen-bond donors (Lipinski definition) is 0. The van der Waals surface area contributed by atoms with Crippen molar-refractivity contribution in [1.29, 1.82) is 0 Å². The van der Waals surface area contributed by atoms with E-state index in [1.165, 1.54) is 20.3 Å². The minimum absolute atomic E-state index is 0.0130. The molecule has 1 saturated carbocycles. The van der Waals surface area contributed by atoms with Crippen LogP contribution < -0.4 is 14.2 Å². The van der Waals surface area contributed by atoms with E-state index in [0.29, 0.717) is 48.0 Å². The fourth-order valence-electron chi connectivity index (χ4n) is 4.21. The molecule has 1 aliphatic rings. The van der Waals surface area contributed by atoms with Crippen LogP contribution in [-0.4, -0.2) is 57.3 Å². The SMILES string of the molecule is C/C=C\CCCC=O.COc1ccc(C(=O)OCCCCO[N+](=O)[O-])cc1OC.FC(F)(/C=C/C1CCCC1)COc1ccccc1. The molecule has 1 aliphatic carbocycles. The number of carbonyl (C=O) groups excluding carboxylic acids is 2. The third-order valence-corrected chi connectivity index (χ3v) is 6.70. The predicted molar refractivity (Wildman–Crippen MR) is 175 cm³/mol. The minimum Gasteiger partial charge on any atom is -0.493 e. The van der Waals surface area contributed by atoms with Crippen LogP contribution in [0.4, 0.5) is 8.78 Å². The molecule has 10 nitrogen and oxygen atoms in total. The highest BCUT2D eigenvalue weighted by molar-refractivity contribution is 5.90. The van der Waals surface area contributed by atoms with Crippen molar-refractivity contribution in [2.24, 2.45) is 5.92 Å². The standard InChI is InChI=1S/C15H18F2O.C13H17NO7.C7H12O/c16-15(17,11-10-13-6-4-5-7-13)12-18-14-8-2-1-3-9-14;1-18-11-6-5-10(9-12(11)19-2)13(15)20-7-3-4-8-21-14(16)17;1-2-3-4-5-6-7-8/h1-3,8-11,13H,4-7,12H2;5-6,9H,3-4,7-8H2,1-2H3;2-3,7H,4-6H2,1H3/b11-10+;;3-2-. The minimum atomic E-state index is -2.89. The third kappa shape index (κ3) is 19.6. The molecule has 0 atom stereocenters. The monoisotopic (exact) mass is 663 g/mol. The van der Waals surface area contributed by atoms with Crippen LogP contribution in [0.3, 0.4) is 0 Å². The van der Waals surface area contributed by atoms with Crippen molar-refractivity contribution in [2.45, 2.75) is 70.6 Å². The summed E-state index contributed by atoms with van der Waals surface area (Å²) in [7, 11) is 2.98. The molecule has 260 valence electrons. The lowest BCUT2D eigenvalue weighted by Crippen LogP contribution is -2.23. The number of benzene rings is 2. The first-order chi connectivity index (χ1) is 22.6. The summed E-state index contributed by atoms with van der Waals surface area (Å²) in [5, 5.41) is 9.06. The Morgan fingerprint density at radius 2 is 1.66 bits per heavy atom. The maximum atomic E-state index is 13.6. The molecule has 0 aromatic heterocycles. The number of ether oxygens (including phenoxy) is 4. The number of allylic oxidation sites excluding steroid dienone is 3. The molecule has 0 aliphatic heterocycles. The average Bonchev–Trinajstić information content (AvgIpc) is 3.61. The summed E-state index contributed by atoms with van der Waals surface area (Å²) >= 11 is 0. The highest BCUT2D eigenvalue weighted by Gasteiger charge is 2.27. The topological polar surface area (TPSA) is 123 Å². The van der Waals surface area contributed by atoms with Crippen molar-refractivity contribution in [3.8, 4) is 17.2 Å². The lowest BCUT2D eigenvalue weighted by Gasteiger charge is -2.14. The first-order valence-electron chi connectivity index (χ1n) is 15.6. The molecule has 1 fully saturated rings. The molecule has 0 amide bonds. The summed E-state index contributed by atoms with van der Waals surface area (Å²) in [5.74, 6) is -1.62. The molecule has 2 aromatic carbocycles. The summed E-state index contributed by atoms with van der Waals surface area (Å²) in [6.45, 7) is 1.54. The van der Waals surface area contributed by atoms with E-state index in [0.717, 1.165) is 50.9 Å². The van der Waals surface area contributed by atoms with Gasteiger partial charge < -0.3 is 28.6 Å². The molecule has 0 saturated heterocycles. The smallest absolute Gasteiger partial charge is 0.338 e. The Kier molecular flexibility index (Phi) is 21.3. The highest BCUT2D eigenvalue weighted by atomic mass is 19.3. The Balaban J connectivity index is 0.000000386. The number of methoxy groups -OCH3 is 2. The summed E-state index contributed by atoms with van der Waals surface area (Å²) in [6, 6.07) is 13.4. The predicted octanol–water partition coefficient (Wildman–Crippen LogP) is 8.23. The zero-order valence-corrected chi connectivity index (χ0v) is 27.4. The van der Waals surface area contributed by atoms with Gasteiger partial charge in [0.05, 0.1) is 33.0 Å². The summed E-state index contributed by atoms with van der Waals surface area (Å²) in [4.78, 5) is 35.6. The van der Waals surface area contributed by atoms with Crippen LogP contribution in [0.1, 0.15) is 75.1 Å². The van der Waals surface area contributed by atoms with Gasteiger partial charge in [-0.3, -0.25) is 0 Å². The van der Waals surface area contributed by atoms with Crippen molar-refractivity contribution in [3.63, 3.8) is 0 Å². The third-order valence-electron chi connectivity index (χ3n) is 6.70. The maximum Gasteiger partial charge on any atom is 0.338 e. The first-order valence-corrected chi connectivity index (χ1v) is 15.6. The summed E-state index contributed by atoms with van der Waals surface area (Å²) in [5.41, 5.74) is 0.342. The molecule has 0 spiro atoms. The molecule has 0 N–H and O–H groups in total. The van der Waals surface area contributed by atoms with E-state index in [1.807, 2.05) is 19.1 Å². The maximum absolute atomic E-state index is 13.6. The van der Waals surface area contributed by atoms with Gasteiger partial charge in [-0.25, -0.2) is 4.79 Å². The molecule has 0 heterocycles. The van der Waals surface area contributed by atoms with Gasteiger partial charge in [-0.1, -0.05) is 49.3 Å². The number of hydrogen-bond acceptors (Lipinski definition) is 9. The van der Waals surface area contributed by atoms with E-state index in [2.05, 4.69) is 10.9 Å². The molecule has 2 aromatic rings. The highest BCUT2D eigenvalue weighted by Crippen LogP contribution is 2.29. The molecule has 0 radical (unpaired) electrons. The molecule has 3 rings (SSSR count). The second-order valence-electron chi connectivity index (χ2n) is 10.4. The Morgan fingerprint density at radius 1 is 0.979 bits per heavy atom. The van der Waals surface area contributed by atoms with E-state index < -0.39 is 23.6 Å². The average molecular weight is 664 g/mol. The second kappa shape index (κ2) is 24.7. The zero-order valence-electron chi connectivity index (χ0n) is 27.4. The number of para-hydroxylation sites is 1. The van der Waals surface area contributed by atoms with Crippen LogP contribution in [0.15, 0.2) is 72.8 Å². The molecule has 0 unspecified atom stereocenters. The Hall–Kier alpha value is -4.48. The van der Waals surface area contributed by atoms with Gasteiger partial charge in [0.15, 0.2) is 18.1 Å². The number of aldehydes is 1. The lowest BCUT2D eigenvalue weighted by atomic mass is 10.1. The Morgan fingerprint density at radius 3 is 2.28 bits per heavy atom. The van der Waals surface area contributed by atoms with Crippen molar-refractivity contribution < 1.29 is 47.2 Å². The number of rotatable bonds is 18. The fourth-order valence-corrected chi connectivity index (χ4v) is 4.21. The van der Waals surface area contributed by atoms with Gasteiger partial charge in [-0.05, 0) is 87.8 Å². The largest absolute Gasteiger partial charge is 0.493 e. The second-order valence-corrected chi connectivity index (χ2v) is 10.4. The van der Waals surface area contributed by atoms with Crippen LogP contribution in [0.2, 0.25) is 0 Å². The van der Waals surface area contributed by atoms with Gasteiger partial charge in [0.1, 0.15) is 12.0 Å². The van der Waals surface area contributed by atoms with Crippen LogP contribution in [0.25, 0.3) is 0 Å². The van der Waals surface area contributed by atoms with E-state index in [-0.39, 0.29) is 13.2 Å². The van der Waals surface area contributed by atoms with Gasteiger partial charge in [0, 0.05) is 6.42 Å². The molecule has 47 heavy (non-hydrogen) atoms. The summed E-state index contributed by atoms with van der Waals surface area (Å²) in [6.07, 6.45) is 15.7. The number of halogens is 2. The quantitative estimate of drug-likeness (QED) is 0.0387. The van der Waals surface area contributed by atoms with Gasteiger partial charge in [-0.2, -0.15) is 8.78 Å². The molecular weight excluding hydrogens is 616 g/mol. The number of carbonyl (C=O) groups is 2. The molecule has 0 bridgehead atoms. The number of nitrogens with zero attached hydrogens (tertiary/aromatic N) is 1. The Labute approximate surface area is 275 Å². The van der Waals surface area contributed by atoms with Crippen molar-refractivity contribution in [1.82, 2.24) is 0 Å². The van der Waals surface area contributed by atoms with Gasteiger partial charge in [-0.15, -0.1) is 10.1 Å². The van der Waals surface area contributed by atoms with Gasteiger partial charge in [0.25, 0.3) is 11.0 Å². The van der Waals surface area contributed by atoms with Crippen LogP contribution >= 0.6 is 0 Å². The fraction of sp³-hybridized carbons (Fsp3) is 0.486. The number of esters is 1. The van der Waals surface area contributed by atoms with E-state index >= 15 is 0 Å². The van der Waals surface area contributed by atoms with Crippen LogP contribution in [-0.2, 0) is 14.4 Å². The summed E-state index contributed by atoms with van der Waals surface area (Å²) < 4.78 is 47.4. The Bertz CT molecular complexity index is 1220. The van der Waals surface area contributed by atoms with Crippen molar-refractivity contribution in [2.75, 3.05) is 34.0 Å². The molecular formula is C35H47F2NO9. The van der Waals surface area contributed by atoms with Crippen LogP contribution in [0, 0.1) is 16.0 Å². The molecule has 12 heteroatoms. The lowest BCUT2D eigenvalue weighted by molar-refractivity contribution is -0.757. The van der Waals surface area contributed by atoms with E-state index in [9.17, 15) is 28.5 Å². The van der Waals surface area contributed by atoms with Gasteiger partial charge in [0.2, 0.25) is 0 Å². The number of unbranched alkanes of at least 4 members (excludes halogenated alkanes) is 3.